The zero-order valence-corrected chi connectivity index (χ0v) is 23.0. The van der Waals surface area contributed by atoms with Gasteiger partial charge in [0, 0.05) is 42.4 Å². The van der Waals surface area contributed by atoms with E-state index in [1.54, 1.807) is 73.3 Å². The summed E-state index contributed by atoms with van der Waals surface area (Å²) in [5.41, 5.74) is 1.90. The first-order chi connectivity index (χ1) is 18.7. The number of amides is 4. The van der Waals surface area contributed by atoms with E-state index < -0.39 is 6.10 Å². The first kappa shape index (κ1) is 28.2. The Morgan fingerprint density at radius 2 is 1.85 bits per heavy atom. The Morgan fingerprint density at radius 3 is 2.49 bits per heavy atom. The zero-order valence-electron chi connectivity index (χ0n) is 23.0. The number of hydrogen-bond acceptors (Lipinski definition) is 6. The maximum absolute atomic E-state index is 13.4. The predicted octanol–water partition coefficient (Wildman–Crippen LogP) is 3.36. The predicted molar refractivity (Wildman–Crippen MR) is 148 cm³/mol. The number of urea groups is 1. The lowest BCUT2D eigenvalue weighted by atomic mass is 10.0. The van der Waals surface area contributed by atoms with E-state index in [4.69, 9.17) is 9.47 Å². The molecule has 210 valence electrons. The first-order valence-electron chi connectivity index (χ1n) is 13.4. The molecule has 2 aromatic carbocycles. The van der Waals surface area contributed by atoms with E-state index in [1.165, 1.54) is 0 Å². The van der Waals surface area contributed by atoms with Gasteiger partial charge in [0.15, 0.2) is 0 Å². The number of benzene rings is 2. The van der Waals surface area contributed by atoms with Crippen molar-refractivity contribution in [1.29, 1.82) is 0 Å². The van der Waals surface area contributed by atoms with E-state index in [1.807, 2.05) is 6.92 Å². The van der Waals surface area contributed by atoms with E-state index >= 15 is 0 Å². The SMILES string of the molecule is COc1ccc(NC(=O)N(C)C[C@@H]2Oc3ccc(NC(=O)C4CC4)cc3CC(=O)N([C@H](C)CO)C[C@@H]2C)cc1. The molecule has 0 spiro atoms. The Balaban J connectivity index is 1.55. The Bertz CT molecular complexity index is 1180. The molecule has 3 atom stereocenters. The third-order valence-electron chi connectivity index (χ3n) is 7.27. The van der Waals surface area contributed by atoms with Crippen molar-refractivity contribution in [3.8, 4) is 11.5 Å². The lowest BCUT2D eigenvalue weighted by Crippen LogP contribution is -2.48. The van der Waals surface area contributed by atoms with Crippen molar-refractivity contribution in [2.24, 2.45) is 11.8 Å². The topological polar surface area (TPSA) is 120 Å². The number of nitrogens with zero attached hydrogens (tertiary/aromatic N) is 2. The van der Waals surface area contributed by atoms with Crippen LogP contribution in [0.25, 0.3) is 0 Å². The standard InChI is InChI=1S/C29H38N4O6/c1-18-15-33(19(2)17-34)27(35)14-21-13-23(30-28(36)20-5-6-20)9-12-25(21)39-26(18)16-32(3)29(37)31-22-7-10-24(38-4)11-8-22/h7-13,18-20,26,34H,5-6,14-17H2,1-4H3,(H,30,36)(H,31,37)/t18-,19+,26-/m0/s1. The monoisotopic (exact) mass is 538 g/mol. The molecular formula is C29H38N4O6. The van der Waals surface area contributed by atoms with Gasteiger partial charge in [-0.15, -0.1) is 0 Å². The van der Waals surface area contributed by atoms with Crippen LogP contribution in [0.5, 0.6) is 11.5 Å². The van der Waals surface area contributed by atoms with Crippen LogP contribution in [-0.4, -0.2) is 78.8 Å². The van der Waals surface area contributed by atoms with Crippen LogP contribution in [-0.2, 0) is 16.0 Å². The average Bonchev–Trinajstić information content (AvgIpc) is 3.77. The fraction of sp³-hybridized carbons (Fsp3) is 0.483. The highest BCUT2D eigenvalue weighted by atomic mass is 16.5. The summed E-state index contributed by atoms with van der Waals surface area (Å²) in [6, 6.07) is 11.7. The molecule has 1 aliphatic carbocycles. The number of anilines is 2. The Kier molecular flexibility index (Phi) is 8.96. The summed E-state index contributed by atoms with van der Waals surface area (Å²) in [7, 11) is 3.27. The van der Waals surface area contributed by atoms with E-state index in [2.05, 4.69) is 10.6 Å². The lowest BCUT2D eigenvalue weighted by Gasteiger charge is -2.34. The van der Waals surface area contributed by atoms with Crippen molar-refractivity contribution >= 4 is 29.2 Å². The number of rotatable bonds is 8. The number of carbonyl (C=O) groups excluding carboxylic acids is 3. The van der Waals surface area contributed by atoms with E-state index in [9.17, 15) is 19.5 Å². The van der Waals surface area contributed by atoms with Crippen molar-refractivity contribution in [2.75, 3.05) is 44.5 Å². The van der Waals surface area contributed by atoms with Crippen LogP contribution in [0.4, 0.5) is 16.2 Å². The maximum Gasteiger partial charge on any atom is 0.321 e. The number of nitrogens with one attached hydrogen (secondary N) is 2. The Labute approximate surface area is 229 Å². The summed E-state index contributed by atoms with van der Waals surface area (Å²) in [5.74, 6) is 0.978. The molecule has 0 radical (unpaired) electrons. The molecule has 4 rings (SSSR count). The molecule has 1 heterocycles. The van der Waals surface area contributed by atoms with E-state index in [0.717, 1.165) is 12.8 Å². The molecule has 0 aromatic heterocycles. The van der Waals surface area contributed by atoms with Gasteiger partial charge < -0.3 is 35.0 Å². The first-order valence-corrected chi connectivity index (χ1v) is 13.4. The highest BCUT2D eigenvalue weighted by Gasteiger charge is 2.33. The third-order valence-corrected chi connectivity index (χ3v) is 7.27. The van der Waals surface area contributed by atoms with Crippen molar-refractivity contribution in [3.05, 3.63) is 48.0 Å². The minimum atomic E-state index is -0.443. The molecule has 1 saturated carbocycles. The Hall–Kier alpha value is -3.79. The summed E-state index contributed by atoms with van der Waals surface area (Å²) >= 11 is 0. The second-order valence-electron chi connectivity index (χ2n) is 10.5. The molecule has 1 aliphatic heterocycles. The van der Waals surface area contributed by atoms with Gasteiger partial charge in [-0.2, -0.15) is 0 Å². The molecule has 1 fully saturated rings. The van der Waals surface area contributed by atoms with Crippen LogP contribution in [0.15, 0.2) is 42.5 Å². The van der Waals surface area contributed by atoms with Crippen LogP contribution < -0.4 is 20.1 Å². The molecule has 10 heteroatoms. The van der Waals surface area contributed by atoms with Gasteiger partial charge in [-0.25, -0.2) is 4.79 Å². The van der Waals surface area contributed by atoms with Gasteiger partial charge in [0.1, 0.15) is 17.6 Å². The smallest absolute Gasteiger partial charge is 0.321 e. The van der Waals surface area contributed by atoms with Gasteiger partial charge in [0.25, 0.3) is 0 Å². The van der Waals surface area contributed by atoms with Crippen LogP contribution in [0.3, 0.4) is 0 Å². The quantitative estimate of drug-likeness (QED) is 0.474. The molecular weight excluding hydrogens is 500 g/mol. The molecule has 0 unspecified atom stereocenters. The van der Waals surface area contributed by atoms with Crippen LogP contribution in [0.2, 0.25) is 0 Å². The third kappa shape index (κ3) is 7.20. The molecule has 39 heavy (non-hydrogen) atoms. The van der Waals surface area contributed by atoms with E-state index in [-0.39, 0.29) is 55.3 Å². The Morgan fingerprint density at radius 1 is 1.15 bits per heavy atom. The fourth-order valence-electron chi connectivity index (χ4n) is 4.56. The van der Waals surface area contributed by atoms with Gasteiger partial charge >= 0.3 is 6.03 Å². The molecule has 4 amide bonds. The van der Waals surface area contributed by atoms with Crippen LogP contribution in [0, 0.1) is 11.8 Å². The van der Waals surface area contributed by atoms with Gasteiger partial charge in [-0.05, 0) is 62.2 Å². The highest BCUT2D eigenvalue weighted by molar-refractivity contribution is 5.94. The normalized spacial score (nSPS) is 19.9. The lowest BCUT2D eigenvalue weighted by molar-refractivity contribution is -0.134. The molecule has 10 nitrogen and oxygen atoms in total. The number of methoxy groups -OCH3 is 1. The number of aliphatic hydroxyl groups is 1. The second-order valence-corrected chi connectivity index (χ2v) is 10.5. The van der Waals surface area contributed by atoms with Crippen molar-refractivity contribution in [2.45, 2.75) is 45.3 Å². The molecule has 0 saturated heterocycles. The minimum Gasteiger partial charge on any atom is -0.497 e. The van der Waals surface area contributed by atoms with Crippen LogP contribution >= 0.6 is 0 Å². The van der Waals surface area contributed by atoms with E-state index in [0.29, 0.717) is 35.0 Å². The number of fused-ring (bicyclic) bond motifs is 1. The number of carbonyl (C=O) groups is 3. The number of hydrogen-bond donors (Lipinski definition) is 3. The summed E-state index contributed by atoms with van der Waals surface area (Å²) in [4.78, 5) is 41.9. The summed E-state index contributed by atoms with van der Waals surface area (Å²) in [5, 5.41) is 15.6. The van der Waals surface area contributed by atoms with Crippen molar-refractivity contribution in [1.82, 2.24) is 9.80 Å². The van der Waals surface area contributed by atoms with Gasteiger partial charge in [0.2, 0.25) is 11.8 Å². The number of ether oxygens (including phenoxy) is 2. The summed E-state index contributed by atoms with van der Waals surface area (Å²) in [6.07, 6.45) is 1.42. The molecule has 3 N–H and O–H groups in total. The van der Waals surface area contributed by atoms with Gasteiger partial charge in [0.05, 0.1) is 32.7 Å². The van der Waals surface area contributed by atoms with Crippen molar-refractivity contribution < 1.29 is 29.0 Å². The number of aliphatic hydroxyl groups excluding tert-OH is 1. The summed E-state index contributed by atoms with van der Waals surface area (Å²) < 4.78 is 11.6. The minimum absolute atomic E-state index is 0.0169. The molecule has 2 aliphatic rings. The highest BCUT2D eigenvalue weighted by Crippen LogP contribution is 2.32. The van der Waals surface area contributed by atoms with Crippen LogP contribution in [0.1, 0.15) is 32.3 Å². The molecule has 2 aromatic rings. The van der Waals surface area contributed by atoms with Gasteiger partial charge in [-0.3, -0.25) is 9.59 Å². The zero-order chi connectivity index (χ0) is 28.1. The van der Waals surface area contributed by atoms with Crippen molar-refractivity contribution in [3.63, 3.8) is 0 Å². The summed E-state index contributed by atoms with van der Waals surface area (Å²) in [6.45, 7) is 4.23. The molecule has 0 bridgehead atoms. The van der Waals surface area contributed by atoms with Gasteiger partial charge in [-0.1, -0.05) is 6.92 Å². The largest absolute Gasteiger partial charge is 0.497 e. The maximum atomic E-state index is 13.4. The fourth-order valence-corrected chi connectivity index (χ4v) is 4.56. The average molecular weight is 539 g/mol. The second kappa shape index (κ2) is 12.4. The number of likely N-dealkylation sites (N-methyl/N-ethyl adjacent to an activating group) is 1.